The highest BCUT2D eigenvalue weighted by atomic mass is 19.1. The third kappa shape index (κ3) is 2.34. The summed E-state index contributed by atoms with van der Waals surface area (Å²) in [6.07, 6.45) is 5.83. The van der Waals surface area contributed by atoms with Crippen molar-refractivity contribution in [1.82, 2.24) is 4.90 Å². The summed E-state index contributed by atoms with van der Waals surface area (Å²) >= 11 is 0. The molecule has 0 heterocycles. The molecular weight excluding hydrogens is 253 g/mol. The molecule has 1 amide bonds. The molecule has 4 rings (SSSR count). The Morgan fingerprint density at radius 2 is 1.75 bits per heavy atom. The number of nitrogens with zero attached hydrogens (tertiary/aromatic N) is 1. The van der Waals surface area contributed by atoms with Gasteiger partial charge in [0, 0.05) is 18.5 Å². The maximum atomic E-state index is 13.0. The first-order valence-electron chi connectivity index (χ1n) is 7.75. The van der Waals surface area contributed by atoms with Crippen LogP contribution in [0.3, 0.4) is 0 Å². The zero-order chi connectivity index (χ0) is 13.7. The lowest BCUT2D eigenvalue weighted by Crippen LogP contribution is -2.37. The van der Waals surface area contributed by atoms with Crippen LogP contribution in [-0.4, -0.2) is 16.8 Å². The number of halogens is 1. The molecule has 1 aromatic carbocycles. The molecule has 3 fully saturated rings. The van der Waals surface area contributed by atoms with Crippen molar-refractivity contribution in [3.63, 3.8) is 0 Å². The lowest BCUT2D eigenvalue weighted by molar-refractivity contribution is -0.137. The number of hydrogen-bond donors (Lipinski definition) is 0. The van der Waals surface area contributed by atoms with E-state index in [0.717, 1.165) is 43.1 Å². The van der Waals surface area contributed by atoms with E-state index in [1.54, 1.807) is 12.1 Å². The molecule has 2 nitrogen and oxygen atoms in total. The number of hydrogen-bond acceptors (Lipinski definition) is 1. The lowest BCUT2D eigenvalue weighted by atomic mass is 10.0. The predicted octanol–water partition coefficient (Wildman–Crippen LogP) is 3.36. The molecule has 0 aliphatic heterocycles. The van der Waals surface area contributed by atoms with Crippen molar-refractivity contribution in [3.8, 4) is 0 Å². The molecule has 0 saturated heterocycles. The van der Waals surface area contributed by atoms with Crippen LogP contribution in [0.15, 0.2) is 24.3 Å². The number of fused-ring (bicyclic) bond motifs is 1. The number of carbonyl (C=O) groups is 1. The van der Waals surface area contributed by atoms with Gasteiger partial charge in [-0.25, -0.2) is 4.39 Å². The summed E-state index contributed by atoms with van der Waals surface area (Å²) in [5.74, 6) is 2.09. The van der Waals surface area contributed by atoms with E-state index in [4.69, 9.17) is 0 Å². The SMILES string of the molecule is O=C(C1CC2CC2C1)N(Cc1ccc(F)cc1)C1CC1. The van der Waals surface area contributed by atoms with Crippen LogP contribution >= 0.6 is 0 Å². The molecule has 20 heavy (non-hydrogen) atoms. The topological polar surface area (TPSA) is 20.3 Å². The first kappa shape index (κ1) is 12.4. The van der Waals surface area contributed by atoms with E-state index in [-0.39, 0.29) is 11.7 Å². The predicted molar refractivity (Wildman–Crippen MR) is 74.3 cm³/mol. The summed E-state index contributed by atoms with van der Waals surface area (Å²) in [4.78, 5) is 14.8. The van der Waals surface area contributed by atoms with Crippen molar-refractivity contribution in [3.05, 3.63) is 35.6 Å². The minimum absolute atomic E-state index is 0.214. The summed E-state index contributed by atoms with van der Waals surface area (Å²) in [6.45, 7) is 0.648. The molecule has 0 N–H and O–H groups in total. The van der Waals surface area contributed by atoms with Crippen LogP contribution in [0, 0.1) is 23.6 Å². The van der Waals surface area contributed by atoms with Gasteiger partial charge in [-0.1, -0.05) is 12.1 Å². The Kier molecular flexibility index (Phi) is 2.83. The molecule has 1 aromatic rings. The van der Waals surface area contributed by atoms with E-state index < -0.39 is 0 Å². The second-order valence-electron chi connectivity index (χ2n) is 6.75. The number of amides is 1. The van der Waals surface area contributed by atoms with Crippen molar-refractivity contribution in [1.29, 1.82) is 0 Å². The van der Waals surface area contributed by atoms with Gasteiger partial charge in [-0.05, 0) is 61.6 Å². The smallest absolute Gasteiger partial charge is 0.226 e. The molecule has 0 aromatic heterocycles. The summed E-state index contributed by atoms with van der Waals surface area (Å²) in [5, 5.41) is 0. The van der Waals surface area contributed by atoms with E-state index in [1.807, 2.05) is 0 Å². The Labute approximate surface area is 119 Å². The van der Waals surface area contributed by atoms with Gasteiger partial charge in [0.2, 0.25) is 5.91 Å². The molecule has 0 radical (unpaired) electrons. The third-order valence-corrected chi connectivity index (χ3v) is 5.13. The molecule has 2 atom stereocenters. The van der Waals surface area contributed by atoms with E-state index in [0.29, 0.717) is 18.5 Å². The zero-order valence-corrected chi connectivity index (χ0v) is 11.6. The first-order valence-corrected chi connectivity index (χ1v) is 7.75. The minimum atomic E-state index is -0.214. The number of carbonyl (C=O) groups excluding carboxylic acids is 1. The molecule has 3 aliphatic carbocycles. The molecule has 106 valence electrons. The van der Waals surface area contributed by atoms with Crippen LogP contribution in [0.25, 0.3) is 0 Å². The van der Waals surface area contributed by atoms with Gasteiger partial charge in [-0.3, -0.25) is 4.79 Å². The fourth-order valence-corrected chi connectivity index (χ4v) is 3.71. The summed E-state index contributed by atoms with van der Waals surface area (Å²) in [7, 11) is 0. The minimum Gasteiger partial charge on any atom is -0.335 e. The van der Waals surface area contributed by atoms with Gasteiger partial charge in [0.1, 0.15) is 5.82 Å². The highest BCUT2D eigenvalue weighted by Crippen LogP contribution is 2.55. The maximum absolute atomic E-state index is 13.0. The van der Waals surface area contributed by atoms with E-state index >= 15 is 0 Å². The average molecular weight is 273 g/mol. The average Bonchev–Trinajstić information content (AvgIpc) is 3.37. The van der Waals surface area contributed by atoms with Crippen LogP contribution in [0.5, 0.6) is 0 Å². The number of rotatable bonds is 4. The van der Waals surface area contributed by atoms with Gasteiger partial charge in [-0.2, -0.15) is 0 Å². The van der Waals surface area contributed by atoms with Crippen molar-refractivity contribution >= 4 is 5.91 Å². The van der Waals surface area contributed by atoms with Gasteiger partial charge in [0.15, 0.2) is 0 Å². The van der Waals surface area contributed by atoms with Crippen molar-refractivity contribution in [2.45, 2.75) is 44.7 Å². The quantitative estimate of drug-likeness (QED) is 0.823. The van der Waals surface area contributed by atoms with Gasteiger partial charge in [0.25, 0.3) is 0 Å². The Morgan fingerprint density at radius 3 is 2.35 bits per heavy atom. The molecule has 2 unspecified atom stereocenters. The van der Waals surface area contributed by atoms with Crippen molar-refractivity contribution in [2.24, 2.45) is 17.8 Å². The second kappa shape index (κ2) is 4.57. The van der Waals surface area contributed by atoms with Gasteiger partial charge >= 0.3 is 0 Å². The molecule has 3 heteroatoms. The fraction of sp³-hybridized carbons (Fsp3) is 0.588. The standard InChI is InChI=1S/C17H20FNO/c18-15-3-1-11(2-4-15)10-19(16-5-6-16)17(20)14-8-12-7-13(12)9-14/h1-4,12-14,16H,5-10H2. The normalized spacial score (nSPS) is 30.9. The van der Waals surface area contributed by atoms with Gasteiger partial charge in [-0.15, -0.1) is 0 Å². The highest BCUT2D eigenvalue weighted by Gasteiger charge is 2.49. The van der Waals surface area contributed by atoms with E-state index in [1.165, 1.54) is 18.6 Å². The van der Waals surface area contributed by atoms with Crippen LogP contribution in [0.4, 0.5) is 4.39 Å². The van der Waals surface area contributed by atoms with Crippen LogP contribution in [0.2, 0.25) is 0 Å². The van der Waals surface area contributed by atoms with E-state index in [9.17, 15) is 9.18 Å². The molecule has 3 saturated carbocycles. The second-order valence-corrected chi connectivity index (χ2v) is 6.75. The van der Waals surface area contributed by atoms with Crippen LogP contribution in [-0.2, 0) is 11.3 Å². The van der Waals surface area contributed by atoms with Crippen molar-refractivity contribution in [2.75, 3.05) is 0 Å². The molecular formula is C17H20FNO. The Bertz CT molecular complexity index is 512. The van der Waals surface area contributed by atoms with Crippen LogP contribution < -0.4 is 0 Å². The Morgan fingerprint density at radius 1 is 1.10 bits per heavy atom. The Hall–Kier alpha value is -1.38. The van der Waals surface area contributed by atoms with E-state index in [2.05, 4.69) is 4.90 Å². The van der Waals surface area contributed by atoms with Crippen LogP contribution in [0.1, 0.15) is 37.7 Å². The summed E-state index contributed by atoms with van der Waals surface area (Å²) < 4.78 is 13.0. The zero-order valence-electron chi connectivity index (χ0n) is 11.6. The highest BCUT2D eigenvalue weighted by molar-refractivity contribution is 5.80. The monoisotopic (exact) mass is 273 g/mol. The number of benzene rings is 1. The molecule has 0 bridgehead atoms. The largest absolute Gasteiger partial charge is 0.335 e. The molecule has 0 spiro atoms. The lowest BCUT2D eigenvalue weighted by Gasteiger charge is -2.26. The summed E-state index contributed by atoms with van der Waals surface area (Å²) in [6, 6.07) is 6.99. The first-order chi connectivity index (χ1) is 9.70. The third-order valence-electron chi connectivity index (χ3n) is 5.13. The Balaban J connectivity index is 1.46. The summed E-state index contributed by atoms with van der Waals surface area (Å²) in [5.41, 5.74) is 1.04. The van der Waals surface area contributed by atoms with Gasteiger partial charge < -0.3 is 4.90 Å². The van der Waals surface area contributed by atoms with Gasteiger partial charge in [0.05, 0.1) is 0 Å². The molecule has 3 aliphatic rings. The maximum Gasteiger partial charge on any atom is 0.226 e. The van der Waals surface area contributed by atoms with Crippen molar-refractivity contribution < 1.29 is 9.18 Å². The fourth-order valence-electron chi connectivity index (χ4n) is 3.71.